The zero-order valence-electron chi connectivity index (χ0n) is 15.9. The van der Waals surface area contributed by atoms with Gasteiger partial charge in [-0.25, -0.2) is 4.98 Å². The third-order valence-electron chi connectivity index (χ3n) is 4.62. The van der Waals surface area contributed by atoms with Crippen LogP contribution in [0.5, 0.6) is 0 Å². The summed E-state index contributed by atoms with van der Waals surface area (Å²) in [6.07, 6.45) is 1.83. The monoisotopic (exact) mass is 423 g/mol. The van der Waals surface area contributed by atoms with Gasteiger partial charge in [-0.15, -0.1) is 0 Å². The predicted octanol–water partition coefficient (Wildman–Crippen LogP) is 4.66. The van der Waals surface area contributed by atoms with E-state index >= 15 is 0 Å². The van der Waals surface area contributed by atoms with E-state index < -0.39 is 0 Å². The molecule has 2 heterocycles. The van der Waals surface area contributed by atoms with Gasteiger partial charge in [0.2, 0.25) is 0 Å². The van der Waals surface area contributed by atoms with Crippen molar-refractivity contribution in [1.29, 1.82) is 0 Å². The first-order valence-corrected chi connectivity index (χ1v) is 10.4. The lowest BCUT2D eigenvalue weighted by molar-refractivity contribution is 0.101. The van der Waals surface area contributed by atoms with Crippen LogP contribution in [-0.2, 0) is 7.05 Å². The molecule has 146 valence electrons. The van der Waals surface area contributed by atoms with E-state index in [-0.39, 0.29) is 17.1 Å². The molecule has 0 fully saturated rings. The Morgan fingerprint density at radius 3 is 2.69 bits per heavy atom. The van der Waals surface area contributed by atoms with Crippen LogP contribution in [0.2, 0.25) is 5.02 Å². The number of aryl methyl sites for hydroxylation is 2. The number of benzene rings is 2. The fraction of sp³-hybridized carbons (Fsp3) is 0.136. The van der Waals surface area contributed by atoms with Gasteiger partial charge in [0, 0.05) is 18.3 Å². The third kappa shape index (κ3) is 3.86. The number of ketones is 1. The van der Waals surface area contributed by atoms with Gasteiger partial charge in [-0.2, -0.15) is 0 Å². The lowest BCUT2D eigenvalue weighted by atomic mass is 10.2. The fourth-order valence-electron chi connectivity index (χ4n) is 3.18. The Bertz CT molecular complexity index is 1290. The standard InChI is InChI=1S/C22H18ClN3O2S/c1-14-5-3-6-16(11-14)26-21(28)17-9-8-15(23)12-18(17)24-22(26)29-13-20(27)19-7-4-10-25(19)2/h3-12H,13H2,1-2H3. The Hall–Kier alpha value is -2.83. The lowest BCUT2D eigenvalue weighted by Gasteiger charge is -2.14. The van der Waals surface area contributed by atoms with E-state index in [4.69, 9.17) is 11.6 Å². The molecule has 4 rings (SSSR count). The molecule has 29 heavy (non-hydrogen) atoms. The molecule has 0 saturated carbocycles. The normalized spacial score (nSPS) is 11.1. The molecule has 0 N–H and O–H groups in total. The molecule has 4 aromatic rings. The second kappa shape index (κ2) is 7.89. The van der Waals surface area contributed by atoms with Gasteiger partial charge in [-0.3, -0.25) is 14.2 Å². The predicted molar refractivity (Wildman–Crippen MR) is 118 cm³/mol. The first-order chi connectivity index (χ1) is 13.9. The third-order valence-corrected chi connectivity index (χ3v) is 5.80. The van der Waals surface area contributed by atoms with Crippen molar-refractivity contribution >= 4 is 40.0 Å². The van der Waals surface area contributed by atoms with Crippen molar-refractivity contribution in [1.82, 2.24) is 14.1 Å². The number of carbonyl (C=O) groups excluding carboxylic acids is 1. The van der Waals surface area contributed by atoms with E-state index in [1.54, 1.807) is 33.4 Å². The van der Waals surface area contributed by atoms with Gasteiger partial charge in [-0.1, -0.05) is 35.5 Å². The average Bonchev–Trinajstić information content (AvgIpc) is 3.12. The van der Waals surface area contributed by atoms with Crippen LogP contribution < -0.4 is 5.56 Å². The first-order valence-electron chi connectivity index (χ1n) is 9.01. The van der Waals surface area contributed by atoms with E-state index in [9.17, 15) is 9.59 Å². The van der Waals surface area contributed by atoms with E-state index in [2.05, 4.69) is 4.98 Å². The summed E-state index contributed by atoms with van der Waals surface area (Å²) in [5.41, 5.74) is 2.69. The van der Waals surface area contributed by atoms with Crippen molar-refractivity contribution in [3.05, 3.63) is 87.4 Å². The second-order valence-electron chi connectivity index (χ2n) is 6.75. The minimum Gasteiger partial charge on any atom is -0.348 e. The molecule has 0 aliphatic carbocycles. The SMILES string of the molecule is Cc1cccc(-n2c(SCC(=O)c3cccn3C)nc3cc(Cl)ccc3c2=O)c1. The highest BCUT2D eigenvalue weighted by atomic mass is 35.5. The minimum absolute atomic E-state index is 0.0290. The number of hydrogen-bond acceptors (Lipinski definition) is 4. The molecule has 2 aromatic heterocycles. The Labute approximate surface area is 177 Å². The minimum atomic E-state index is -0.189. The molecule has 0 aliphatic heterocycles. The van der Waals surface area contributed by atoms with Gasteiger partial charge >= 0.3 is 0 Å². The van der Waals surface area contributed by atoms with Gasteiger partial charge in [0.05, 0.1) is 28.0 Å². The van der Waals surface area contributed by atoms with Gasteiger partial charge in [0.1, 0.15) is 0 Å². The lowest BCUT2D eigenvalue weighted by Crippen LogP contribution is -2.22. The Balaban J connectivity index is 1.82. The van der Waals surface area contributed by atoms with Crippen molar-refractivity contribution < 1.29 is 4.79 Å². The summed E-state index contributed by atoms with van der Waals surface area (Å²) >= 11 is 7.34. The number of rotatable bonds is 5. The quantitative estimate of drug-likeness (QED) is 0.266. The largest absolute Gasteiger partial charge is 0.348 e. The van der Waals surface area contributed by atoms with E-state index in [1.165, 1.54) is 11.8 Å². The summed E-state index contributed by atoms with van der Waals surface area (Å²) in [6, 6.07) is 16.3. The van der Waals surface area contributed by atoms with Gasteiger partial charge in [0.15, 0.2) is 10.9 Å². The average molecular weight is 424 g/mol. The zero-order valence-corrected chi connectivity index (χ0v) is 17.5. The van der Waals surface area contributed by atoms with Crippen molar-refractivity contribution in [3.63, 3.8) is 0 Å². The van der Waals surface area contributed by atoms with E-state index in [0.717, 1.165) is 5.56 Å². The molecular formula is C22H18ClN3O2S. The number of Topliss-reactive ketones (excluding diaryl/α,β-unsaturated/α-hetero) is 1. The van der Waals surface area contributed by atoms with Crippen molar-refractivity contribution in [2.24, 2.45) is 7.05 Å². The number of hydrogen-bond donors (Lipinski definition) is 0. The van der Waals surface area contributed by atoms with Crippen LogP contribution in [-0.4, -0.2) is 25.7 Å². The molecule has 0 radical (unpaired) electrons. The van der Waals surface area contributed by atoms with Crippen molar-refractivity contribution in [2.45, 2.75) is 12.1 Å². The number of carbonyl (C=O) groups is 1. The summed E-state index contributed by atoms with van der Waals surface area (Å²) in [5.74, 6) is 0.140. The van der Waals surface area contributed by atoms with Gasteiger partial charge in [-0.05, 0) is 55.0 Å². The summed E-state index contributed by atoms with van der Waals surface area (Å²) in [4.78, 5) is 30.6. The number of nitrogens with zero attached hydrogens (tertiary/aromatic N) is 3. The number of fused-ring (bicyclic) bond motifs is 1. The van der Waals surface area contributed by atoms with Gasteiger partial charge < -0.3 is 4.57 Å². The maximum atomic E-state index is 13.3. The second-order valence-corrected chi connectivity index (χ2v) is 8.13. The smallest absolute Gasteiger partial charge is 0.266 e. The molecule has 0 bridgehead atoms. The van der Waals surface area contributed by atoms with Crippen LogP contribution in [0.1, 0.15) is 16.1 Å². The maximum absolute atomic E-state index is 13.3. The molecule has 0 spiro atoms. The number of thioether (sulfide) groups is 1. The number of aromatic nitrogens is 3. The molecular weight excluding hydrogens is 406 g/mol. The summed E-state index contributed by atoms with van der Waals surface area (Å²) in [6.45, 7) is 1.97. The molecule has 0 saturated heterocycles. The topological polar surface area (TPSA) is 56.9 Å². The highest BCUT2D eigenvalue weighted by molar-refractivity contribution is 7.99. The highest BCUT2D eigenvalue weighted by Crippen LogP contribution is 2.24. The number of halogens is 1. The Kier molecular flexibility index (Phi) is 5.30. The zero-order chi connectivity index (χ0) is 20.5. The maximum Gasteiger partial charge on any atom is 0.266 e. The highest BCUT2D eigenvalue weighted by Gasteiger charge is 2.17. The Morgan fingerprint density at radius 2 is 1.97 bits per heavy atom. The first kappa shape index (κ1) is 19.5. The molecule has 0 amide bonds. The molecule has 0 atom stereocenters. The summed E-state index contributed by atoms with van der Waals surface area (Å²) in [5, 5.41) is 1.44. The van der Waals surface area contributed by atoms with Crippen molar-refractivity contribution in [3.8, 4) is 5.69 Å². The van der Waals surface area contributed by atoms with Crippen molar-refractivity contribution in [2.75, 3.05) is 5.75 Å². The van der Waals surface area contributed by atoms with Crippen LogP contribution in [0.25, 0.3) is 16.6 Å². The Morgan fingerprint density at radius 1 is 1.14 bits per heavy atom. The molecule has 0 unspecified atom stereocenters. The van der Waals surface area contributed by atoms with Crippen LogP contribution >= 0.6 is 23.4 Å². The molecule has 5 nitrogen and oxygen atoms in total. The van der Waals surface area contributed by atoms with Crippen LogP contribution in [0, 0.1) is 6.92 Å². The van der Waals surface area contributed by atoms with Gasteiger partial charge in [0.25, 0.3) is 5.56 Å². The van der Waals surface area contributed by atoms with Crippen LogP contribution in [0.4, 0.5) is 0 Å². The van der Waals surface area contributed by atoms with E-state index in [0.29, 0.717) is 32.5 Å². The van der Waals surface area contributed by atoms with E-state index in [1.807, 2.05) is 50.5 Å². The summed E-state index contributed by atoms with van der Waals surface area (Å²) < 4.78 is 3.34. The molecule has 7 heteroatoms. The van der Waals surface area contributed by atoms with Crippen LogP contribution in [0.3, 0.4) is 0 Å². The summed E-state index contributed by atoms with van der Waals surface area (Å²) in [7, 11) is 1.83. The molecule has 0 aliphatic rings. The molecule has 2 aromatic carbocycles. The fourth-order valence-corrected chi connectivity index (χ4v) is 4.24. The van der Waals surface area contributed by atoms with Crippen LogP contribution in [0.15, 0.2) is 70.7 Å².